The molecule has 1 amide bonds. The van der Waals surface area contributed by atoms with E-state index in [1.165, 1.54) is 43.5 Å². The number of hydrogen-bond donors (Lipinski definition) is 3. The lowest BCUT2D eigenvalue weighted by Gasteiger charge is -2.15. The number of carbonyl (C=O) groups is 1. The Morgan fingerprint density at radius 2 is 1.57 bits per heavy atom. The number of amides is 1. The molecule has 0 aliphatic carbocycles. The highest BCUT2D eigenvalue weighted by atomic mass is 32.2. The number of anilines is 2. The highest BCUT2D eigenvalue weighted by Crippen LogP contribution is 2.29. The van der Waals surface area contributed by atoms with Gasteiger partial charge in [-0.25, -0.2) is 21.6 Å². The number of hydrogen-bond acceptors (Lipinski definition) is 6. The first-order valence-electron chi connectivity index (χ1n) is 10.6. The lowest BCUT2D eigenvalue weighted by Crippen LogP contribution is -2.30. The van der Waals surface area contributed by atoms with Crippen LogP contribution in [0.2, 0.25) is 0 Å². The number of ether oxygens (including phenoxy) is 1. The Kier molecular flexibility index (Phi) is 7.83. The predicted octanol–water partition coefficient (Wildman–Crippen LogP) is 3.74. The average Bonchev–Trinajstić information content (AvgIpc) is 2.78. The van der Waals surface area contributed by atoms with E-state index in [0.717, 1.165) is 0 Å². The third-order valence-electron chi connectivity index (χ3n) is 4.89. The van der Waals surface area contributed by atoms with Gasteiger partial charge in [0, 0.05) is 17.3 Å². The monoisotopic (exact) mass is 517 g/mol. The number of para-hydroxylation sites is 1. The molecule has 0 saturated heterocycles. The van der Waals surface area contributed by atoms with Gasteiger partial charge in [-0.05, 0) is 68.8 Å². The van der Waals surface area contributed by atoms with E-state index in [0.29, 0.717) is 11.3 Å². The number of carbonyl (C=O) groups excluding carboxylic acids is 1. The van der Waals surface area contributed by atoms with Crippen molar-refractivity contribution < 1.29 is 26.4 Å². The molecule has 0 aliphatic rings. The summed E-state index contributed by atoms with van der Waals surface area (Å²) in [6.45, 7) is 5.01. The van der Waals surface area contributed by atoms with Gasteiger partial charge >= 0.3 is 0 Å². The minimum absolute atomic E-state index is 0.0541. The summed E-state index contributed by atoms with van der Waals surface area (Å²) in [6, 6.07) is 16.4. The SMILES string of the molecule is COc1ccc(S(=O)(=O)NC(C)C)cc1NC(=O)c1ccc(C)c(S(=O)(=O)Nc2ccccc2)c1. The fraction of sp³-hybridized carbons (Fsp3) is 0.208. The zero-order chi connectivity index (χ0) is 25.8. The molecule has 9 nitrogen and oxygen atoms in total. The van der Waals surface area contributed by atoms with E-state index in [9.17, 15) is 21.6 Å². The Morgan fingerprint density at radius 1 is 0.886 bits per heavy atom. The quantitative estimate of drug-likeness (QED) is 0.396. The van der Waals surface area contributed by atoms with Crippen LogP contribution in [0.15, 0.2) is 76.5 Å². The van der Waals surface area contributed by atoms with E-state index in [1.807, 2.05) is 0 Å². The minimum Gasteiger partial charge on any atom is -0.495 e. The Hall–Kier alpha value is -3.41. The van der Waals surface area contributed by atoms with Crippen molar-refractivity contribution in [2.45, 2.75) is 36.6 Å². The van der Waals surface area contributed by atoms with Crippen molar-refractivity contribution in [1.82, 2.24) is 4.72 Å². The summed E-state index contributed by atoms with van der Waals surface area (Å²) in [4.78, 5) is 12.9. The van der Waals surface area contributed by atoms with Gasteiger partial charge in [0.2, 0.25) is 10.0 Å². The van der Waals surface area contributed by atoms with Gasteiger partial charge in [-0.15, -0.1) is 0 Å². The zero-order valence-electron chi connectivity index (χ0n) is 19.7. The third kappa shape index (κ3) is 6.38. The van der Waals surface area contributed by atoms with Crippen LogP contribution in [0.5, 0.6) is 5.75 Å². The van der Waals surface area contributed by atoms with Crippen molar-refractivity contribution in [3.63, 3.8) is 0 Å². The molecule has 0 aromatic heterocycles. The summed E-state index contributed by atoms with van der Waals surface area (Å²) in [7, 11) is -6.39. The molecule has 0 saturated carbocycles. The maximum Gasteiger partial charge on any atom is 0.262 e. The average molecular weight is 518 g/mol. The van der Waals surface area contributed by atoms with Crippen LogP contribution in [0.1, 0.15) is 29.8 Å². The van der Waals surface area contributed by atoms with Gasteiger partial charge in [-0.3, -0.25) is 9.52 Å². The first-order valence-corrected chi connectivity index (χ1v) is 13.6. The van der Waals surface area contributed by atoms with Gasteiger partial charge in [0.25, 0.3) is 15.9 Å². The molecule has 3 aromatic carbocycles. The van der Waals surface area contributed by atoms with Gasteiger partial charge in [0.1, 0.15) is 5.75 Å². The molecule has 0 bridgehead atoms. The van der Waals surface area contributed by atoms with Crippen LogP contribution in [0.3, 0.4) is 0 Å². The normalized spacial score (nSPS) is 11.8. The van der Waals surface area contributed by atoms with E-state index in [-0.39, 0.29) is 32.8 Å². The molecule has 3 N–H and O–H groups in total. The molecule has 3 aromatic rings. The second-order valence-corrected chi connectivity index (χ2v) is 11.4. The molecule has 0 aliphatic heterocycles. The fourth-order valence-corrected chi connectivity index (χ4v) is 5.88. The number of rotatable bonds is 9. The lowest BCUT2D eigenvalue weighted by atomic mass is 10.1. The van der Waals surface area contributed by atoms with Crippen LogP contribution >= 0.6 is 0 Å². The topological polar surface area (TPSA) is 131 Å². The zero-order valence-corrected chi connectivity index (χ0v) is 21.3. The highest BCUT2D eigenvalue weighted by molar-refractivity contribution is 7.92. The summed E-state index contributed by atoms with van der Waals surface area (Å²) in [5, 5.41) is 2.62. The molecule has 11 heteroatoms. The van der Waals surface area contributed by atoms with E-state index >= 15 is 0 Å². The van der Waals surface area contributed by atoms with Crippen LogP contribution in [-0.4, -0.2) is 35.9 Å². The summed E-state index contributed by atoms with van der Waals surface area (Å²) in [6.07, 6.45) is 0. The van der Waals surface area contributed by atoms with Crippen LogP contribution in [0.4, 0.5) is 11.4 Å². The molecule has 0 atom stereocenters. The highest BCUT2D eigenvalue weighted by Gasteiger charge is 2.22. The fourth-order valence-electron chi connectivity index (χ4n) is 3.27. The second-order valence-electron chi connectivity index (χ2n) is 8.04. The minimum atomic E-state index is -3.97. The Morgan fingerprint density at radius 3 is 2.20 bits per heavy atom. The Bertz CT molecular complexity index is 1440. The summed E-state index contributed by atoms with van der Waals surface area (Å²) in [5.41, 5.74) is 1.03. The molecule has 3 rings (SSSR count). The molecule has 186 valence electrons. The van der Waals surface area contributed by atoms with Crippen molar-refractivity contribution in [2.24, 2.45) is 0 Å². The maximum atomic E-state index is 13.0. The van der Waals surface area contributed by atoms with E-state index in [2.05, 4.69) is 14.8 Å². The number of benzene rings is 3. The standard InChI is InChI=1S/C24H27N3O6S2/c1-16(2)26-34(29,30)20-12-13-22(33-4)21(15-20)25-24(28)18-11-10-17(3)23(14-18)35(31,32)27-19-8-6-5-7-9-19/h5-16,26-27H,1-4H3,(H,25,28). The molecule has 0 fully saturated rings. The van der Waals surface area contributed by atoms with Crippen LogP contribution in [0.25, 0.3) is 0 Å². The largest absolute Gasteiger partial charge is 0.495 e. The molecule has 0 unspecified atom stereocenters. The van der Waals surface area contributed by atoms with E-state index in [1.54, 1.807) is 51.1 Å². The maximum absolute atomic E-state index is 13.0. The van der Waals surface area contributed by atoms with Gasteiger partial charge in [-0.2, -0.15) is 0 Å². The molecule has 0 spiro atoms. The van der Waals surface area contributed by atoms with Crippen LogP contribution < -0.4 is 19.5 Å². The number of nitrogens with one attached hydrogen (secondary N) is 3. The Balaban J connectivity index is 1.93. The predicted molar refractivity (Wildman–Crippen MR) is 135 cm³/mol. The van der Waals surface area contributed by atoms with Gasteiger partial charge < -0.3 is 10.1 Å². The van der Waals surface area contributed by atoms with Crippen molar-refractivity contribution in [1.29, 1.82) is 0 Å². The first kappa shape index (κ1) is 26.2. The van der Waals surface area contributed by atoms with Crippen molar-refractivity contribution >= 4 is 37.3 Å². The summed E-state index contributed by atoms with van der Waals surface area (Å²) >= 11 is 0. The molecule has 0 radical (unpaired) electrons. The number of methoxy groups -OCH3 is 1. The van der Waals surface area contributed by atoms with E-state index < -0.39 is 26.0 Å². The molecular weight excluding hydrogens is 490 g/mol. The molecular formula is C24H27N3O6S2. The van der Waals surface area contributed by atoms with Crippen molar-refractivity contribution in [3.8, 4) is 5.75 Å². The van der Waals surface area contributed by atoms with Crippen LogP contribution in [0, 0.1) is 6.92 Å². The summed E-state index contributed by atoms with van der Waals surface area (Å²) < 4.78 is 61.3. The van der Waals surface area contributed by atoms with Gasteiger partial charge in [-0.1, -0.05) is 24.3 Å². The lowest BCUT2D eigenvalue weighted by molar-refractivity contribution is 0.102. The first-order chi connectivity index (χ1) is 16.4. The smallest absolute Gasteiger partial charge is 0.262 e. The number of sulfonamides is 2. The molecule has 0 heterocycles. The molecule has 35 heavy (non-hydrogen) atoms. The van der Waals surface area contributed by atoms with Gasteiger partial charge in [0.15, 0.2) is 0 Å². The van der Waals surface area contributed by atoms with Gasteiger partial charge in [0.05, 0.1) is 22.6 Å². The van der Waals surface area contributed by atoms with Crippen LogP contribution in [-0.2, 0) is 20.0 Å². The third-order valence-corrected chi connectivity index (χ3v) is 8.07. The second kappa shape index (κ2) is 10.5. The number of aryl methyl sites for hydroxylation is 1. The van der Waals surface area contributed by atoms with E-state index in [4.69, 9.17) is 4.74 Å². The Labute approximate surface area is 205 Å². The summed E-state index contributed by atoms with van der Waals surface area (Å²) in [5.74, 6) is -0.390. The van der Waals surface area contributed by atoms with Crippen molar-refractivity contribution in [3.05, 3.63) is 77.9 Å². The van der Waals surface area contributed by atoms with Crippen molar-refractivity contribution in [2.75, 3.05) is 17.1 Å².